The fraction of sp³-hybridized carbons (Fsp3) is 0.444. The molecule has 1 aromatic heterocycles. The van der Waals surface area contributed by atoms with Crippen molar-refractivity contribution in [1.29, 1.82) is 0 Å². The van der Waals surface area contributed by atoms with Crippen LogP contribution in [-0.2, 0) is 0 Å². The molecule has 1 fully saturated rings. The summed E-state index contributed by atoms with van der Waals surface area (Å²) in [7, 11) is 0. The predicted octanol–water partition coefficient (Wildman–Crippen LogP) is 1.93. The molecule has 58 valence electrons. The molecule has 2 N–H and O–H groups in total. The van der Waals surface area contributed by atoms with Gasteiger partial charge in [-0.1, -0.05) is 12.5 Å². The summed E-state index contributed by atoms with van der Waals surface area (Å²) in [5.41, 5.74) is 6.97. The molecular formula is C9H12N2. The molecule has 0 bridgehead atoms. The van der Waals surface area contributed by atoms with E-state index in [2.05, 4.69) is 11.1 Å². The Kier molecular flexibility index (Phi) is 1.53. The second-order valence-electron chi connectivity index (χ2n) is 3.11. The van der Waals surface area contributed by atoms with Gasteiger partial charge in [0.2, 0.25) is 0 Å². The molecule has 0 unspecified atom stereocenters. The smallest absolute Gasteiger partial charge is 0.126 e. The van der Waals surface area contributed by atoms with Crippen LogP contribution in [0.2, 0.25) is 0 Å². The predicted molar refractivity (Wildman–Crippen MR) is 45.2 cm³/mol. The Hall–Kier alpha value is -1.05. The van der Waals surface area contributed by atoms with Crippen LogP contribution in [0.5, 0.6) is 0 Å². The van der Waals surface area contributed by atoms with Crippen molar-refractivity contribution in [2.45, 2.75) is 25.2 Å². The van der Waals surface area contributed by atoms with Crippen LogP contribution in [0.1, 0.15) is 30.7 Å². The third kappa shape index (κ3) is 1.09. The highest BCUT2D eigenvalue weighted by Crippen LogP contribution is 2.37. The maximum Gasteiger partial charge on any atom is 0.126 e. The number of anilines is 1. The number of nitrogens with zero attached hydrogens (tertiary/aromatic N) is 1. The van der Waals surface area contributed by atoms with Gasteiger partial charge in [-0.2, -0.15) is 0 Å². The maximum absolute atomic E-state index is 5.72. The molecule has 0 aromatic carbocycles. The van der Waals surface area contributed by atoms with Gasteiger partial charge in [0.1, 0.15) is 5.82 Å². The minimum atomic E-state index is 0.698. The molecule has 1 saturated carbocycles. The summed E-state index contributed by atoms with van der Waals surface area (Å²) in [6, 6.07) is 4.05. The Morgan fingerprint density at radius 3 is 2.82 bits per heavy atom. The van der Waals surface area contributed by atoms with Crippen LogP contribution in [0.3, 0.4) is 0 Å². The summed E-state index contributed by atoms with van der Waals surface area (Å²) in [6.07, 6.45) is 5.67. The highest BCUT2D eigenvalue weighted by atomic mass is 14.8. The molecule has 1 aromatic rings. The zero-order chi connectivity index (χ0) is 7.68. The number of hydrogen-bond acceptors (Lipinski definition) is 2. The van der Waals surface area contributed by atoms with Gasteiger partial charge in [-0.15, -0.1) is 0 Å². The molecule has 0 amide bonds. The van der Waals surface area contributed by atoms with E-state index in [4.69, 9.17) is 5.73 Å². The number of rotatable bonds is 1. The van der Waals surface area contributed by atoms with Crippen LogP contribution >= 0.6 is 0 Å². The van der Waals surface area contributed by atoms with Crippen molar-refractivity contribution in [3.63, 3.8) is 0 Å². The Morgan fingerprint density at radius 1 is 1.45 bits per heavy atom. The quantitative estimate of drug-likeness (QED) is 0.661. The molecule has 1 aliphatic carbocycles. The number of aromatic nitrogens is 1. The number of nitrogen functional groups attached to an aromatic ring is 1. The van der Waals surface area contributed by atoms with Crippen molar-refractivity contribution < 1.29 is 0 Å². The molecule has 2 heteroatoms. The molecule has 11 heavy (non-hydrogen) atoms. The van der Waals surface area contributed by atoms with Gasteiger partial charge >= 0.3 is 0 Å². The summed E-state index contributed by atoms with van der Waals surface area (Å²) in [6.45, 7) is 0. The molecular weight excluding hydrogens is 136 g/mol. The van der Waals surface area contributed by atoms with Crippen molar-refractivity contribution in [2.24, 2.45) is 0 Å². The summed E-state index contributed by atoms with van der Waals surface area (Å²) < 4.78 is 0. The normalized spacial score (nSPS) is 17.8. The molecule has 2 rings (SSSR count). The minimum Gasteiger partial charge on any atom is -0.383 e. The third-order valence-electron chi connectivity index (χ3n) is 2.42. The van der Waals surface area contributed by atoms with Crippen molar-refractivity contribution >= 4 is 5.82 Å². The first kappa shape index (κ1) is 6.65. The van der Waals surface area contributed by atoms with E-state index in [1.165, 1.54) is 24.8 Å². The first-order valence-electron chi connectivity index (χ1n) is 4.08. The molecule has 1 aliphatic rings. The zero-order valence-electron chi connectivity index (χ0n) is 6.46. The third-order valence-corrected chi connectivity index (χ3v) is 2.42. The largest absolute Gasteiger partial charge is 0.383 e. The summed E-state index contributed by atoms with van der Waals surface area (Å²) in [5, 5.41) is 0. The number of pyridine rings is 1. The van der Waals surface area contributed by atoms with E-state index in [0.29, 0.717) is 5.92 Å². The maximum atomic E-state index is 5.72. The van der Waals surface area contributed by atoms with E-state index < -0.39 is 0 Å². The fourth-order valence-corrected chi connectivity index (χ4v) is 1.49. The van der Waals surface area contributed by atoms with Crippen LogP contribution < -0.4 is 5.73 Å². The lowest BCUT2D eigenvalue weighted by Gasteiger charge is -2.26. The Balaban J connectivity index is 2.28. The van der Waals surface area contributed by atoms with Crippen LogP contribution in [-0.4, -0.2) is 4.98 Å². The summed E-state index contributed by atoms with van der Waals surface area (Å²) in [4.78, 5) is 4.06. The van der Waals surface area contributed by atoms with E-state index in [9.17, 15) is 0 Å². The van der Waals surface area contributed by atoms with Crippen molar-refractivity contribution in [1.82, 2.24) is 4.98 Å². The number of hydrogen-bond donors (Lipinski definition) is 1. The lowest BCUT2D eigenvalue weighted by molar-refractivity contribution is 0.420. The summed E-state index contributed by atoms with van der Waals surface area (Å²) in [5.74, 6) is 1.42. The van der Waals surface area contributed by atoms with Gasteiger partial charge < -0.3 is 5.73 Å². The lowest BCUT2D eigenvalue weighted by atomic mass is 9.80. The first-order valence-corrected chi connectivity index (χ1v) is 4.08. The summed E-state index contributed by atoms with van der Waals surface area (Å²) >= 11 is 0. The molecule has 0 saturated heterocycles. The van der Waals surface area contributed by atoms with E-state index in [1.54, 1.807) is 6.20 Å². The Labute approximate surface area is 66.4 Å². The van der Waals surface area contributed by atoms with E-state index in [-0.39, 0.29) is 0 Å². The monoisotopic (exact) mass is 148 g/mol. The van der Waals surface area contributed by atoms with Crippen LogP contribution in [0.4, 0.5) is 5.82 Å². The van der Waals surface area contributed by atoms with Crippen molar-refractivity contribution in [3.05, 3.63) is 23.9 Å². The highest BCUT2D eigenvalue weighted by Gasteiger charge is 2.21. The average Bonchev–Trinajstić information content (AvgIpc) is 1.90. The Bertz CT molecular complexity index is 253. The second-order valence-corrected chi connectivity index (χ2v) is 3.11. The van der Waals surface area contributed by atoms with Gasteiger partial charge in [0.05, 0.1) is 0 Å². The van der Waals surface area contributed by atoms with Crippen LogP contribution in [0, 0.1) is 0 Å². The molecule has 0 aliphatic heterocycles. The molecule has 2 nitrogen and oxygen atoms in total. The van der Waals surface area contributed by atoms with Gasteiger partial charge in [0.15, 0.2) is 0 Å². The van der Waals surface area contributed by atoms with Gasteiger partial charge in [-0.25, -0.2) is 4.98 Å². The van der Waals surface area contributed by atoms with Gasteiger partial charge in [0, 0.05) is 6.20 Å². The van der Waals surface area contributed by atoms with E-state index >= 15 is 0 Å². The lowest BCUT2D eigenvalue weighted by Crippen LogP contribution is -2.11. The van der Waals surface area contributed by atoms with Crippen molar-refractivity contribution in [3.8, 4) is 0 Å². The Morgan fingerprint density at radius 2 is 2.27 bits per heavy atom. The fourth-order valence-electron chi connectivity index (χ4n) is 1.49. The topological polar surface area (TPSA) is 38.9 Å². The van der Waals surface area contributed by atoms with Gasteiger partial charge in [0.25, 0.3) is 0 Å². The van der Waals surface area contributed by atoms with Crippen molar-refractivity contribution in [2.75, 3.05) is 5.73 Å². The first-order chi connectivity index (χ1) is 5.38. The van der Waals surface area contributed by atoms with E-state index in [0.717, 1.165) is 5.82 Å². The molecule has 0 spiro atoms. The highest BCUT2D eigenvalue weighted by molar-refractivity contribution is 5.41. The molecule has 0 radical (unpaired) electrons. The average molecular weight is 148 g/mol. The van der Waals surface area contributed by atoms with Crippen LogP contribution in [0.15, 0.2) is 18.3 Å². The molecule has 0 atom stereocenters. The van der Waals surface area contributed by atoms with Gasteiger partial charge in [-0.3, -0.25) is 0 Å². The zero-order valence-corrected chi connectivity index (χ0v) is 6.46. The second kappa shape index (κ2) is 2.53. The SMILES string of the molecule is Nc1ncccc1C1CCC1. The van der Waals surface area contributed by atoms with Crippen LogP contribution in [0.25, 0.3) is 0 Å². The number of nitrogens with two attached hydrogens (primary N) is 1. The van der Waals surface area contributed by atoms with E-state index in [1.807, 2.05) is 6.07 Å². The minimum absolute atomic E-state index is 0.698. The van der Waals surface area contributed by atoms with Gasteiger partial charge in [-0.05, 0) is 30.4 Å². The molecule has 1 heterocycles. The standard InChI is InChI=1S/C9H12N2/c10-9-8(5-2-6-11-9)7-3-1-4-7/h2,5-7H,1,3-4H2,(H2,10,11).